The van der Waals surface area contributed by atoms with Gasteiger partial charge in [-0.15, -0.1) is 0 Å². The molecule has 78 valence electrons. The highest BCUT2D eigenvalue weighted by Crippen LogP contribution is 2.24. The first-order valence-electron chi connectivity index (χ1n) is 5.62. The molecule has 0 spiro atoms. The van der Waals surface area contributed by atoms with Gasteiger partial charge in [-0.2, -0.15) is 5.26 Å². The van der Waals surface area contributed by atoms with E-state index in [1.54, 1.807) is 0 Å². The van der Waals surface area contributed by atoms with E-state index in [4.69, 9.17) is 0 Å². The van der Waals surface area contributed by atoms with Crippen molar-refractivity contribution in [3.05, 3.63) is 12.2 Å². The van der Waals surface area contributed by atoms with E-state index in [9.17, 15) is 5.26 Å². The van der Waals surface area contributed by atoms with Gasteiger partial charge in [-0.25, -0.2) is 0 Å². The maximum absolute atomic E-state index is 9.20. The average Bonchev–Trinajstić information content (AvgIpc) is 2.27. The molecule has 0 aromatic rings. The Kier molecular flexibility index (Phi) is 4.69. The van der Waals surface area contributed by atoms with Crippen LogP contribution in [0.15, 0.2) is 12.2 Å². The Morgan fingerprint density at radius 2 is 2.14 bits per heavy atom. The van der Waals surface area contributed by atoms with Crippen LogP contribution in [-0.4, -0.2) is 24.0 Å². The van der Waals surface area contributed by atoms with Crippen molar-refractivity contribution in [1.82, 2.24) is 4.90 Å². The second-order valence-electron chi connectivity index (χ2n) is 3.84. The molecule has 0 fully saturated rings. The van der Waals surface area contributed by atoms with Gasteiger partial charge in [-0.1, -0.05) is 26.0 Å². The molecule has 14 heavy (non-hydrogen) atoms. The molecular weight excluding hydrogens is 172 g/mol. The summed E-state index contributed by atoms with van der Waals surface area (Å²) in [6, 6.07) is 2.59. The molecule has 0 bridgehead atoms. The summed E-state index contributed by atoms with van der Waals surface area (Å²) >= 11 is 0. The van der Waals surface area contributed by atoms with E-state index in [2.05, 4.69) is 37.0 Å². The summed E-state index contributed by atoms with van der Waals surface area (Å²) in [7, 11) is 0. The molecule has 0 amide bonds. The minimum atomic E-state index is 0.120. The predicted molar refractivity (Wildman–Crippen MR) is 58.8 cm³/mol. The standard InChI is InChI=1S/C12H20N2/c1-3-14(4-2)12(10-13)11-8-6-5-7-9-11/h5-6,11-12H,3-4,7-9H2,1-2H3. The molecule has 2 nitrogen and oxygen atoms in total. The zero-order valence-corrected chi connectivity index (χ0v) is 9.24. The van der Waals surface area contributed by atoms with Crippen molar-refractivity contribution in [3.63, 3.8) is 0 Å². The number of rotatable bonds is 4. The van der Waals surface area contributed by atoms with E-state index in [1.807, 2.05) is 0 Å². The van der Waals surface area contributed by atoms with Crippen LogP contribution in [0.4, 0.5) is 0 Å². The SMILES string of the molecule is CCN(CC)C(C#N)C1CC=CCC1. The second-order valence-corrected chi connectivity index (χ2v) is 3.84. The summed E-state index contributed by atoms with van der Waals surface area (Å²) in [5.41, 5.74) is 0. The van der Waals surface area contributed by atoms with Crippen molar-refractivity contribution in [1.29, 1.82) is 5.26 Å². The van der Waals surface area contributed by atoms with Crippen LogP contribution in [0.1, 0.15) is 33.1 Å². The first-order valence-corrected chi connectivity index (χ1v) is 5.62. The van der Waals surface area contributed by atoms with Crippen LogP contribution < -0.4 is 0 Å². The van der Waals surface area contributed by atoms with Gasteiger partial charge in [0.15, 0.2) is 0 Å². The fourth-order valence-corrected chi connectivity index (χ4v) is 2.21. The molecule has 0 saturated heterocycles. The van der Waals surface area contributed by atoms with Crippen LogP contribution >= 0.6 is 0 Å². The van der Waals surface area contributed by atoms with E-state index in [0.29, 0.717) is 5.92 Å². The third kappa shape index (κ3) is 2.59. The normalized spacial score (nSPS) is 23.4. The summed E-state index contributed by atoms with van der Waals surface area (Å²) < 4.78 is 0. The monoisotopic (exact) mass is 192 g/mol. The molecule has 2 atom stereocenters. The minimum Gasteiger partial charge on any atom is -0.288 e. The quantitative estimate of drug-likeness (QED) is 0.640. The molecule has 1 rings (SSSR count). The molecule has 0 radical (unpaired) electrons. The Bertz CT molecular complexity index is 223. The Labute approximate surface area is 87.2 Å². The van der Waals surface area contributed by atoms with Crippen molar-refractivity contribution >= 4 is 0 Å². The van der Waals surface area contributed by atoms with Gasteiger partial charge in [0.2, 0.25) is 0 Å². The highest BCUT2D eigenvalue weighted by atomic mass is 15.1. The first kappa shape index (κ1) is 11.3. The van der Waals surface area contributed by atoms with Crippen LogP contribution in [0.2, 0.25) is 0 Å². The molecule has 0 aromatic carbocycles. The maximum atomic E-state index is 9.20. The summed E-state index contributed by atoms with van der Waals surface area (Å²) in [4.78, 5) is 2.27. The highest BCUT2D eigenvalue weighted by molar-refractivity contribution is 5.02. The van der Waals surface area contributed by atoms with Crippen molar-refractivity contribution in [2.45, 2.75) is 39.2 Å². The Morgan fingerprint density at radius 1 is 1.43 bits per heavy atom. The van der Waals surface area contributed by atoms with Gasteiger partial charge in [-0.05, 0) is 38.3 Å². The van der Waals surface area contributed by atoms with Gasteiger partial charge < -0.3 is 0 Å². The molecular formula is C12H20N2. The summed E-state index contributed by atoms with van der Waals surface area (Å²) in [6.07, 6.45) is 7.85. The first-order chi connectivity index (χ1) is 6.83. The molecule has 0 heterocycles. The van der Waals surface area contributed by atoms with E-state index in [0.717, 1.165) is 25.9 Å². The van der Waals surface area contributed by atoms with Crippen LogP contribution in [0.3, 0.4) is 0 Å². The van der Waals surface area contributed by atoms with Gasteiger partial charge >= 0.3 is 0 Å². The largest absolute Gasteiger partial charge is 0.288 e. The molecule has 1 aliphatic carbocycles. The predicted octanol–water partition coefficient (Wildman–Crippen LogP) is 2.58. The van der Waals surface area contributed by atoms with Gasteiger partial charge in [0.25, 0.3) is 0 Å². The zero-order chi connectivity index (χ0) is 10.4. The third-order valence-corrected chi connectivity index (χ3v) is 3.09. The van der Waals surface area contributed by atoms with Gasteiger partial charge in [0.1, 0.15) is 6.04 Å². The lowest BCUT2D eigenvalue weighted by molar-refractivity contribution is 0.190. The van der Waals surface area contributed by atoms with Crippen LogP contribution in [-0.2, 0) is 0 Å². The van der Waals surface area contributed by atoms with E-state index in [1.165, 1.54) is 6.42 Å². The number of hydrogen-bond acceptors (Lipinski definition) is 2. The highest BCUT2D eigenvalue weighted by Gasteiger charge is 2.25. The lowest BCUT2D eigenvalue weighted by Crippen LogP contribution is -2.39. The molecule has 1 aliphatic rings. The number of allylic oxidation sites excluding steroid dienone is 2. The Hall–Kier alpha value is -0.810. The molecule has 2 heteroatoms. The average molecular weight is 192 g/mol. The van der Waals surface area contributed by atoms with Crippen molar-refractivity contribution < 1.29 is 0 Å². The van der Waals surface area contributed by atoms with Gasteiger partial charge in [0, 0.05) is 0 Å². The lowest BCUT2D eigenvalue weighted by atomic mass is 9.87. The topological polar surface area (TPSA) is 27.0 Å². The Balaban J connectivity index is 2.61. The summed E-state index contributed by atoms with van der Waals surface area (Å²) in [6.45, 7) is 6.23. The zero-order valence-electron chi connectivity index (χ0n) is 9.24. The third-order valence-electron chi connectivity index (χ3n) is 3.09. The molecule has 0 aliphatic heterocycles. The van der Waals surface area contributed by atoms with E-state index < -0.39 is 0 Å². The smallest absolute Gasteiger partial charge is 0.101 e. The number of hydrogen-bond donors (Lipinski definition) is 0. The Morgan fingerprint density at radius 3 is 2.57 bits per heavy atom. The van der Waals surface area contributed by atoms with Crippen molar-refractivity contribution in [3.8, 4) is 6.07 Å². The van der Waals surface area contributed by atoms with Crippen molar-refractivity contribution in [2.75, 3.05) is 13.1 Å². The molecule has 0 saturated carbocycles. The second kappa shape index (κ2) is 5.82. The van der Waals surface area contributed by atoms with Gasteiger partial charge in [-0.3, -0.25) is 4.90 Å². The summed E-state index contributed by atoms with van der Waals surface area (Å²) in [5.74, 6) is 0.546. The van der Waals surface area contributed by atoms with Gasteiger partial charge in [0.05, 0.1) is 6.07 Å². The lowest BCUT2D eigenvalue weighted by Gasteiger charge is -2.31. The maximum Gasteiger partial charge on any atom is 0.101 e. The summed E-state index contributed by atoms with van der Waals surface area (Å²) in [5, 5.41) is 9.20. The van der Waals surface area contributed by atoms with Crippen LogP contribution in [0.5, 0.6) is 0 Å². The number of nitriles is 1. The fourth-order valence-electron chi connectivity index (χ4n) is 2.21. The number of nitrogens with zero attached hydrogens (tertiary/aromatic N) is 2. The van der Waals surface area contributed by atoms with Crippen LogP contribution in [0.25, 0.3) is 0 Å². The van der Waals surface area contributed by atoms with Crippen LogP contribution in [0, 0.1) is 17.2 Å². The molecule has 0 aromatic heterocycles. The molecule has 2 unspecified atom stereocenters. The minimum absolute atomic E-state index is 0.120. The molecule has 0 N–H and O–H groups in total. The van der Waals surface area contributed by atoms with Crippen molar-refractivity contribution in [2.24, 2.45) is 5.92 Å². The fraction of sp³-hybridized carbons (Fsp3) is 0.750. The van der Waals surface area contributed by atoms with E-state index in [-0.39, 0.29) is 6.04 Å². The van der Waals surface area contributed by atoms with E-state index >= 15 is 0 Å².